The van der Waals surface area contributed by atoms with Crippen molar-refractivity contribution in [2.24, 2.45) is 5.92 Å². The molecule has 1 aliphatic heterocycles. The third-order valence-corrected chi connectivity index (χ3v) is 6.59. The number of piperazine rings is 1. The van der Waals surface area contributed by atoms with Crippen LogP contribution >= 0.6 is 11.3 Å². The highest BCUT2D eigenvalue weighted by Gasteiger charge is 2.36. The van der Waals surface area contributed by atoms with E-state index in [1.165, 1.54) is 23.5 Å². The monoisotopic (exact) mass is 398 g/mol. The predicted molar refractivity (Wildman–Crippen MR) is 110 cm³/mol. The van der Waals surface area contributed by atoms with Gasteiger partial charge in [-0.2, -0.15) is 0 Å². The Morgan fingerprint density at radius 2 is 1.82 bits per heavy atom. The van der Waals surface area contributed by atoms with Gasteiger partial charge >= 0.3 is 0 Å². The molecule has 7 heteroatoms. The molecule has 0 saturated carbocycles. The van der Waals surface area contributed by atoms with Crippen molar-refractivity contribution < 1.29 is 9.80 Å². The molecular formula is C21H30N6S+2. The van der Waals surface area contributed by atoms with Gasteiger partial charge in [-0.1, -0.05) is 50.2 Å². The number of hydrogen-bond donors (Lipinski definition) is 2. The maximum Gasteiger partial charge on any atom is 0.209 e. The summed E-state index contributed by atoms with van der Waals surface area (Å²) in [5, 5.41) is 14.9. The fourth-order valence-electron chi connectivity index (χ4n) is 4.35. The van der Waals surface area contributed by atoms with Gasteiger partial charge in [-0.05, 0) is 21.9 Å². The van der Waals surface area contributed by atoms with Crippen LogP contribution < -0.4 is 9.80 Å². The lowest BCUT2D eigenvalue weighted by atomic mass is 10.0. The molecule has 0 unspecified atom stereocenters. The molecule has 3 aromatic rings. The third kappa shape index (κ3) is 4.48. The van der Waals surface area contributed by atoms with Gasteiger partial charge in [-0.3, -0.25) is 0 Å². The summed E-state index contributed by atoms with van der Waals surface area (Å²) < 4.78 is 2.01. The molecule has 6 nitrogen and oxygen atoms in total. The number of benzene rings is 1. The van der Waals surface area contributed by atoms with E-state index in [1.807, 2.05) is 4.68 Å². The summed E-state index contributed by atoms with van der Waals surface area (Å²) in [5.74, 6) is 1.53. The van der Waals surface area contributed by atoms with Crippen molar-refractivity contribution in [2.75, 3.05) is 26.2 Å². The van der Waals surface area contributed by atoms with Gasteiger partial charge in [-0.15, -0.1) is 16.4 Å². The number of tetrazole rings is 1. The van der Waals surface area contributed by atoms with E-state index in [-0.39, 0.29) is 0 Å². The van der Waals surface area contributed by atoms with Gasteiger partial charge in [0, 0.05) is 16.4 Å². The van der Waals surface area contributed by atoms with Crippen LogP contribution in [0.2, 0.25) is 0 Å². The first kappa shape index (κ1) is 19.2. The second-order valence-electron chi connectivity index (χ2n) is 8.07. The second-order valence-corrected chi connectivity index (χ2v) is 9.10. The van der Waals surface area contributed by atoms with E-state index in [9.17, 15) is 0 Å². The molecule has 4 rings (SSSR count). The standard InChI is InChI=1S/C21H28N6S/c1-17(2)20(21-22-23-24-27(21)16-19-9-6-14-28-19)26-12-10-25(11-13-26)15-18-7-4-3-5-8-18/h3-9,14,17,20H,10-13,15-16H2,1-2H3/p+2/t20-/m1/s1. The molecule has 1 fully saturated rings. The normalized spacial score (nSPS) is 21.1. The maximum atomic E-state index is 4.46. The molecule has 28 heavy (non-hydrogen) atoms. The molecule has 1 aliphatic rings. The van der Waals surface area contributed by atoms with E-state index >= 15 is 0 Å². The van der Waals surface area contributed by atoms with Gasteiger partial charge in [0.25, 0.3) is 0 Å². The molecule has 2 aromatic heterocycles. The molecule has 1 saturated heterocycles. The Hall–Kier alpha value is -2.09. The first-order chi connectivity index (χ1) is 13.7. The van der Waals surface area contributed by atoms with Crippen molar-refractivity contribution >= 4 is 11.3 Å². The van der Waals surface area contributed by atoms with Crippen molar-refractivity contribution in [2.45, 2.75) is 33.0 Å². The number of nitrogens with one attached hydrogen (secondary N) is 2. The van der Waals surface area contributed by atoms with Crippen molar-refractivity contribution in [1.82, 2.24) is 20.2 Å². The minimum atomic E-state index is 0.341. The first-order valence-electron chi connectivity index (χ1n) is 10.2. The lowest BCUT2D eigenvalue weighted by Gasteiger charge is -2.35. The SMILES string of the molecule is CC(C)[C@H](c1nnnn1Cc1cccs1)[NH+]1CC[NH+](Cc2ccccc2)CC1. The topological polar surface area (TPSA) is 52.5 Å². The number of hydrogen-bond acceptors (Lipinski definition) is 4. The number of rotatable bonds is 7. The Kier molecular flexibility index (Phi) is 6.14. The van der Waals surface area contributed by atoms with Crippen LogP contribution in [0.25, 0.3) is 0 Å². The Balaban J connectivity index is 1.43. The van der Waals surface area contributed by atoms with E-state index in [0.717, 1.165) is 32.0 Å². The van der Waals surface area contributed by atoms with E-state index in [1.54, 1.807) is 21.1 Å². The largest absolute Gasteiger partial charge is 0.322 e. The molecule has 0 aliphatic carbocycles. The van der Waals surface area contributed by atoms with Crippen molar-refractivity contribution in [1.29, 1.82) is 0 Å². The lowest BCUT2D eigenvalue weighted by Crippen LogP contribution is -3.27. The molecule has 148 valence electrons. The van der Waals surface area contributed by atoms with E-state index in [2.05, 4.69) is 77.2 Å². The van der Waals surface area contributed by atoms with E-state index in [0.29, 0.717) is 12.0 Å². The minimum absolute atomic E-state index is 0.341. The van der Waals surface area contributed by atoms with E-state index < -0.39 is 0 Å². The molecule has 0 bridgehead atoms. The first-order valence-corrected chi connectivity index (χ1v) is 11.1. The van der Waals surface area contributed by atoms with Crippen LogP contribution in [0.5, 0.6) is 0 Å². The fraction of sp³-hybridized carbons (Fsp3) is 0.476. The average molecular weight is 399 g/mol. The Labute approximate surface area is 170 Å². The third-order valence-electron chi connectivity index (χ3n) is 5.73. The Bertz CT molecular complexity index is 837. The molecule has 1 atom stereocenters. The summed E-state index contributed by atoms with van der Waals surface area (Å²) >= 11 is 1.76. The summed E-state index contributed by atoms with van der Waals surface area (Å²) in [4.78, 5) is 4.59. The Morgan fingerprint density at radius 3 is 2.50 bits per heavy atom. The summed E-state index contributed by atoms with van der Waals surface area (Å²) in [5.41, 5.74) is 1.43. The van der Waals surface area contributed by atoms with Gasteiger partial charge in [0.2, 0.25) is 5.82 Å². The highest BCUT2D eigenvalue weighted by atomic mass is 32.1. The van der Waals surface area contributed by atoms with Crippen LogP contribution in [0.3, 0.4) is 0 Å². The molecule has 0 radical (unpaired) electrons. The molecular weight excluding hydrogens is 368 g/mol. The predicted octanol–water partition coefficient (Wildman–Crippen LogP) is 0.464. The van der Waals surface area contributed by atoms with E-state index in [4.69, 9.17) is 0 Å². The summed E-state index contributed by atoms with van der Waals surface area (Å²) in [6, 6.07) is 15.4. The zero-order chi connectivity index (χ0) is 19.3. The van der Waals surface area contributed by atoms with Gasteiger partial charge in [0.1, 0.15) is 32.7 Å². The number of thiophene rings is 1. The number of quaternary nitrogens is 2. The molecule has 3 heterocycles. The van der Waals surface area contributed by atoms with Crippen molar-refractivity contribution in [3.05, 3.63) is 64.1 Å². The smallest absolute Gasteiger partial charge is 0.209 e. The zero-order valence-corrected chi connectivity index (χ0v) is 17.5. The second kappa shape index (κ2) is 8.94. The van der Waals surface area contributed by atoms with Crippen LogP contribution in [0, 0.1) is 5.92 Å². The van der Waals surface area contributed by atoms with Crippen LogP contribution in [-0.2, 0) is 13.1 Å². The number of aromatic nitrogens is 4. The molecule has 1 aromatic carbocycles. The van der Waals surface area contributed by atoms with Crippen LogP contribution in [0.1, 0.15) is 36.2 Å². The van der Waals surface area contributed by atoms with Crippen molar-refractivity contribution in [3.8, 4) is 0 Å². The quantitative estimate of drug-likeness (QED) is 0.608. The van der Waals surface area contributed by atoms with Gasteiger partial charge in [-0.25, -0.2) is 4.68 Å². The fourth-order valence-corrected chi connectivity index (χ4v) is 5.03. The molecule has 0 amide bonds. The number of nitrogens with zero attached hydrogens (tertiary/aromatic N) is 4. The zero-order valence-electron chi connectivity index (χ0n) is 16.7. The average Bonchev–Trinajstić information content (AvgIpc) is 3.37. The highest BCUT2D eigenvalue weighted by molar-refractivity contribution is 7.09. The van der Waals surface area contributed by atoms with Gasteiger partial charge < -0.3 is 9.80 Å². The van der Waals surface area contributed by atoms with Crippen LogP contribution in [0.15, 0.2) is 47.8 Å². The highest BCUT2D eigenvalue weighted by Crippen LogP contribution is 2.18. The van der Waals surface area contributed by atoms with Gasteiger partial charge in [0.05, 0.1) is 6.54 Å². The molecule has 2 N–H and O–H groups in total. The molecule has 0 spiro atoms. The van der Waals surface area contributed by atoms with Crippen molar-refractivity contribution in [3.63, 3.8) is 0 Å². The lowest BCUT2D eigenvalue weighted by molar-refractivity contribution is -1.03. The van der Waals surface area contributed by atoms with Gasteiger partial charge in [0.15, 0.2) is 6.04 Å². The Morgan fingerprint density at radius 1 is 1.04 bits per heavy atom. The minimum Gasteiger partial charge on any atom is -0.322 e. The summed E-state index contributed by atoms with van der Waals surface area (Å²) in [6.07, 6.45) is 0. The summed E-state index contributed by atoms with van der Waals surface area (Å²) in [6.45, 7) is 11.2. The summed E-state index contributed by atoms with van der Waals surface area (Å²) in [7, 11) is 0. The maximum absolute atomic E-state index is 4.46. The van der Waals surface area contributed by atoms with Crippen LogP contribution in [0.4, 0.5) is 0 Å². The van der Waals surface area contributed by atoms with Crippen LogP contribution in [-0.4, -0.2) is 46.4 Å².